The number of carbonyl (C=O) groups is 1. The SMILES string of the molecule is Nc1ccc2c([O-])c(N=Nc3ccc(N=Nc4ccc(N=Nc5ccc([O-])c(C(=O)[O-])c5)cc4)c4cc(S(=O)(=O)O)ccc34)c(S(=O)(=O)O)cc2c1.[Na+].[Na+].[Na+]. The van der Waals surface area contributed by atoms with Gasteiger partial charge in [0, 0.05) is 16.5 Å². The zero-order valence-electron chi connectivity index (χ0n) is 29.0. The molecule has 0 fully saturated rings. The van der Waals surface area contributed by atoms with E-state index in [-0.39, 0.29) is 133 Å². The molecular formula is C33H20N7Na3O10S2. The van der Waals surface area contributed by atoms with Crippen molar-refractivity contribution in [2.45, 2.75) is 9.79 Å². The third kappa shape index (κ3) is 10.6. The molecule has 0 spiro atoms. The minimum atomic E-state index is -4.95. The molecule has 0 aliphatic heterocycles. The summed E-state index contributed by atoms with van der Waals surface area (Å²) < 4.78 is 67.9. The molecule has 0 saturated carbocycles. The maximum atomic E-state index is 13.3. The Morgan fingerprint density at radius 2 is 1.13 bits per heavy atom. The van der Waals surface area contributed by atoms with E-state index in [1.54, 1.807) is 0 Å². The molecule has 0 aromatic heterocycles. The standard InChI is InChI=1S/C33H23N7O10S2.3Na/c34-18-1-8-23-17(13-18)14-30(52(48,49)50)31(32(23)42)40-39-27-10-11-28(25-16-22(51(45,46)47)7-9-24(25)27)38-36-20-4-2-19(3-5-20)35-37-21-6-12-29(41)26(15-21)33(43)44;;;/h1-16,41-42H,34H2,(H,43,44)(H,45,46,47)(H,48,49,50);;;/q;3*+1/p-3. The van der Waals surface area contributed by atoms with Gasteiger partial charge < -0.3 is 25.8 Å². The summed E-state index contributed by atoms with van der Waals surface area (Å²) in [6, 6.07) is 20.9. The van der Waals surface area contributed by atoms with Gasteiger partial charge in [0.15, 0.2) is 0 Å². The normalized spacial score (nSPS) is 11.8. The van der Waals surface area contributed by atoms with Crippen molar-refractivity contribution >= 4 is 87.6 Å². The van der Waals surface area contributed by atoms with Gasteiger partial charge in [-0.05, 0) is 95.2 Å². The fourth-order valence-corrected chi connectivity index (χ4v) is 6.10. The molecule has 0 bridgehead atoms. The maximum Gasteiger partial charge on any atom is 1.00 e. The summed E-state index contributed by atoms with van der Waals surface area (Å²) in [5.41, 5.74) is 5.67. The van der Waals surface area contributed by atoms with Crippen LogP contribution in [0, 0.1) is 0 Å². The molecule has 0 aliphatic rings. The number of nitrogen functional groups attached to an aromatic ring is 1. The number of rotatable bonds is 9. The summed E-state index contributed by atoms with van der Waals surface area (Å²) in [7, 11) is -9.63. The molecule has 0 radical (unpaired) electrons. The molecule has 6 aromatic carbocycles. The molecule has 6 rings (SSSR count). The Morgan fingerprint density at radius 1 is 0.582 bits per heavy atom. The van der Waals surface area contributed by atoms with Crippen LogP contribution >= 0.6 is 0 Å². The van der Waals surface area contributed by atoms with Crippen LogP contribution in [0.4, 0.5) is 39.8 Å². The van der Waals surface area contributed by atoms with Gasteiger partial charge in [-0.15, -0.1) is 15.3 Å². The van der Waals surface area contributed by atoms with Gasteiger partial charge in [0.1, 0.15) is 4.90 Å². The van der Waals surface area contributed by atoms with E-state index in [2.05, 4.69) is 30.7 Å². The van der Waals surface area contributed by atoms with Gasteiger partial charge in [0.2, 0.25) is 0 Å². The number of carbonyl (C=O) groups excluding carboxylic acids is 1. The van der Waals surface area contributed by atoms with E-state index < -0.39 is 58.7 Å². The summed E-state index contributed by atoms with van der Waals surface area (Å²) in [5, 5.41) is 60.7. The number of anilines is 1. The Hall–Kier alpha value is -3.67. The molecule has 0 atom stereocenters. The summed E-state index contributed by atoms with van der Waals surface area (Å²) in [6.07, 6.45) is 0. The summed E-state index contributed by atoms with van der Waals surface area (Å²) in [6.45, 7) is 0. The Labute approximate surface area is 378 Å². The van der Waals surface area contributed by atoms with E-state index in [9.17, 15) is 46.1 Å². The monoisotopic (exact) mass is 807 g/mol. The molecule has 262 valence electrons. The molecule has 0 unspecified atom stereocenters. The number of benzene rings is 6. The van der Waals surface area contributed by atoms with Crippen molar-refractivity contribution in [3.05, 3.63) is 103 Å². The first kappa shape index (κ1) is 45.7. The summed E-state index contributed by atoms with van der Waals surface area (Å²) in [5.74, 6) is -3.22. The first-order valence-corrected chi connectivity index (χ1v) is 17.4. The molecule has 55 heavy (non-hydrogen) atoms. The van der Waals surface area contributed by atoms with Crippen LogP contribution in [0.5, 0.6) is 11.5 Å². The average molecular weight is 808 g/mol. The van der Waals surface area contributed by atoms with E-state index in [4.69, 9.17) is 5.73 Å². The zero-order chi connectivity index (χ0) is 37.4. The van der Waals surface area contributed by atoms with Gasteiger partial charge in [-0.1, -0.05) is 29.7 Å². The van der Waals surface area contributed by atoms with Crippen molar-refractivity contribution in [2.75, 3.05) is 5.73 Å². The summed E-state index contributed by atoms with van der Waals surface area (Å²) >= 11 is 0. The van der Waals surface area contributed by atoms with Crippen LogP contribution in [-0.4, -0.2) is 31.9 Å². The van der Waals surface area contributed by atoms with Crippen molar-refractivity contribution in [2.24, 2.45) is 30.7 Å². The molecular weight excluding hydrogens is 788 g/mol. The van der Waals surface area contributed by atoms with E-state index >= 15 is 0 Å². The van der Waals surface area contributed by atoms with Crippen LogP contribution < -0.4 is 110 Å². The van der Waals surface area contributed by atoms with Crippen molar-refractivity contribution in [1.29, 1.82) is 0 Å². The van der Waals surface area contributed by atoms with Crippen LogP contribution in [0.1, 0.15) is 10.4 Å². The number of azo groups is 3. The zero-order valence-corrected chi connectivity index (χ0v) is 36.6. The van der Waals surface area contributed by atoms with Crippen LogP contribution in [0.3, 0.4) is 0 Å². The third-order valence-electron chi connectivity index (χ3n) is 7.42. The summed E-state index contributed by atoms with van der Waals surface area (Å²) in [4.78, 5) is 9.80. The van der Waals surface area contributed by atoms with E-state index in [1.165, 1.54) is 66.7 Å². The second-order valence-electron chi connectivity index (χ2n) is 10.9. The fourth-order valence-electron chi connectivity index (χ4n) is 4.94. The molecule has 0 heterocycles. The quantitative estimate of drug-likeness (QED) is 0.0567. The number of aromatic carboxylic acids is 1. The van der Waals surface area contributed by atoms with Gasteiger partial charge in [-0.3, -0.25) is 9.11 Å². The van der Waals surface area contributed by atoms with Gasteiger partial charge in [0.25, 0.3) is 20.2 Å². The molecule has 17 nitrogen and oxygen atoms in total. The number of carboxylic acids is 1. The number of carboxylic acid groups (broad SMARTS) is 1. The van der Waals surface area contributed by atoms with Crippen molar-refractivity contribution < 1.29 is 135 Å². The van der Waals surface area contributed by atoms with Crippen molar-refractivity contribution in [3.8, 4) is 11.5 Å². The van der Waals surface area contributed by atoms with E-state index in [0.29, 0.717) is 11.4 Å². The van der Waals surface area contributed by atoms with Crippen LogP contribution in [0.25, 0.3) is 21.5 Å². The van der Waals surface area contributed by atoms with Crippen molar-refractivity contribution in [3.63, 3.8) is 0 Å². The van der Waals surface area contributed by atoms with Crippen LogP contribution in [0.2, 0.25) is 0 Å². The molecule has 6 aromatic rings. The van der Waals surface area contributed by atoms with Gasteiger partial charge in [-0.2, -0.15) is 32.2 Å². The van der Waals surface area contributed by atoms with Gasteiger partial charge in [0.05, 0.1) is 45.0 Å². The average Bonchev–Trinajstić information content (AvgIpc) is 3.09. The van der Waals surface area contributed by atoms with Crippen LogP contribution in [0.15, 0.2) is 138 Å². The number of hydrogen-bond donors (Lipinski definition) is 3. The molecule has 22 heteroatoms. The van der Waals surface area contributed by atoms with Gasteiger partial charge in [-0.25, -0.2) is 0 Å². The molecule has 0 aliphatic carbocycles. The predicted octanol–water partition coefficient (Wildman–Crippen LogP) is -3.16. The fraction of sp³-hybridized carbons (Fsp3) is 0. The van der Waals surface area contributed by atoms with Gasteiger partial charge >= 0.3 is 88.7 Å². The molecule has 0 saturated heterocycles. The minimum Gasteiger partial charge on any atom is -0.872 e. The molecule has 0 amide bonds. The molecule has 4 N–H and O–H groups in total. The second kappa shape index (κ2) is 18.5. The topological polar surface area (TPSA) is 295 Å². The predicted molar refractivity (Wildman–Crippen MR) is 181 cm³/mol. The van der Waals surface area contributed by atoms with E-state index in [0.717, 1.165) is 30.3 Å². The third-order valence-corrected chi connectivity index (χ3v) is 9.13. The van der Waals surface area contributed by atoms with Crippen molar-refractivity contribution in [1.82, 2.24) is 0 Å². The maximum absolute atomic E-state index is 13.3. The Balaban J connectivity index is 0.00000271. The first-order valence-electron chi connectivity index (χ1n) is 14.5. The van der Waals surface area contributed by atoms with E-state index in [1.807, 2.05) is 0 Å². The smallest absolute Gasteiger partial charge is 0.872 e. The minimum absolute atomic E-state index is 0. The number of hydrogen-bond acceptors (Lipinski definition) is 15. The number of nitrogens with two attached hydrogens (primary N) is 1. The number of fused-ring (bicyclic) bond motifs is 2. The Kier molecular flexibility index (Phi) is 15.4. The largest absolute Gasteiger partial charge is 1.00 e. The van der Waals surface area contributed by atoms with Crippen LogP contribution in [-0.2, 0) is 20.2 Å². The second-order valence-corrected chi connectivity index (χ2v) is 13.7. The Morgan fingerprint density at radius 3 is 1.73 bits per heavy atom. The Bertz CT molecular complexity index is 2770. The first-order chi connectivity index (χ1) is 24.6. The number of nitrogens with zero attached hydrogens (tertiary/aromatic N) is 6.